The van der Waals surface area contributed by atoms with Crippen LogP contribution in [-0.2, 0) is 0 Å². The standard InChI is InChI=1S/C22H24N4O2/c1-15-9-11-16(12-10-15)23-21(27)17-6-2-3-7-18(17)22(28)25-19-14-26-13-5-4-8-20(26)24-19/h2-8,13-16H,9-12H2,1H3,(H,23,27)(H,25,28). The molecular formula is C22H24N4O2. The molecule has 4 rings (SSSR count). The van der Waals surface area contributed by atoms with E-state index < -0.39 is 0 Å². The molecule has 0 aliphatic heterocycles. The number of pyridine rings is 1. The van der Waals surface area contributed by atoms with Crippen molar-refractivity contribution in [1.82, 2.24) is 14.7 Å². The summed E-state index contributed by atoms with van der Waals surface area (Å²) < 4.78 is 1.83. The first-order valence-electron chi connectivity index (χ1n) is 9.75. The molecule has 2 aromatic heterocycles. The number of carbonyl (C=O) groups excluding carboxylic acids is 2. The van der Waals surface area contributed by atoms with E-state index in [4.69, 9.17) is 0 Å². The van der Waals surface area contributed by atoms with Gasteiger partial charge in [0.2, 0.25) is 0 Å². The van der Waals surface area contributed by atoms with Crippen LogP contribution in [0, 0.1) is 5.92 Å². The number of fused-ring (bicyclic) bond motifs is 1. The smallest absolute Gasteiger partial charge is 0.257 e. The maximum absolute atomic E-state index is 12.8. The fourth-order valence-corrected chi connectivity index (χ4v) is 3.73. The maximum Gasteiger partial charge on any atom is 0.257 e. The van der Waals surface area contributed by atoms with Crippen LogP contribution in [0.15, 0.2) is 54.9 Å². The summed E-state index contributed by atoms with van der Waals surface area (Å²) in [5.41, 5.74) is 1.49. The number of nitrogens with zero attached hydrogens (tertiary/aromatic N) is 2. The minimum absolute atomic E-state index is 0.179. The van der Waals surface area contributed by atoms with Crippen molar-refractivity contribution in [1.29, 1.82) is 0 Å². The van der Waals surface area contributed by atoms with Crippen molar-refractivity contribution < 1.29 is 9.59 Å². The van der Waals surface area contributed by atoms with Gasteiger partial charge in [0.15, 0.2) is 5.82 Å². The SMILES string of the molecule is CC1CCC(NC(=O)c2ccccc2C(=O)Nc2cn3ccccc3n2)CC1. The molecule has 0 bridgehead atoms. The van der Waals surface area contributed by atoms with Crippen LogP contribution in [0.3, 0.4) is 0 Å². The molecular weight excluding hydrogens is 352 g/mol. The second-order valence-corrected chi connectivity index (χ2v) is 7.52. The van der Waals surface area contributed by atoms with Crippen molar-refractivity contribution in [2.75, 3.05) is 5.32 Å². The van der Waals surface area contributed by atoms with E-state index in [2.05, 4.69) is 22.5 Å². The van der Waals surface area contributed by atoms with E-state index in [1.165, 1.54) is 0 Å². The summed E-state index contributed by atoms with van der Waals surface area (Å²) >= 11 is 0. The number of imidazole rings is 1. The highest BCUT2D eigenvalue weighted by molar-refractivity contribution is 6.12. The lowest BCUT2D eigenvalue weighted by molar-refractivity contribution is 0.0913. The monoisotopic (exact) mass is 376 g/mol. The zero-order chi connectivity index (χ0) is 19.5. The van der Waals surface area contributed by atoms with E-state index in [0.717, 1.165) is 37.2 Å². The number of aromatic nitrogens is 2. The van der Waals surface area contributed by atoms with Gasteiger partial charge >= 0.3 is 0 Å². The van der Waals surface area contributed by atoms with Crippen LogP contribution in [0.1, 0.15) is 53.3 Å². The molecule has 144 valence electrons. The van der Waals surface area contributed by atoms with Crippen molar-refractivity contribution in [2.24, 2.45) is 5.92 Å². The van der Waals surface area contributed by atoms with Crippen molar-refractivity contribution in [3.63, 3.8) is 0 Å². The molecule has 28 heavy (non-hydrogen) atoms. The summed E-state index contributed by atoms with van der Waals surface area (Å²) in [6.07, 6.45) is 7.84. The Morgan fingerprint density at radius 2 is 1.64 bits per heavy atom. The number of hydrogen-bond donors (Lipinski definition) is 2. The largest absolute Gasteiger partial charge is 0.349 e. The molecule has 2 N–H and O–H groups in total. The van der Waals surface area contributed by atoms with E-state index in [0.29, 0.717) is 16.9 Å². The normalized spacial score (nSPS) is 19.3. The van der Waals surface area contributed by atoms with Crippen molar-refractivity contribution in [3.05, 3.63) is 66.0 Å². The number of nitrogens with one attached hydrogen (secondary N) is 2. The fraction of sp³-hybridized carbons (Fsp3) is 0.318. The summed E-state index contributed by atoms with van der Waals surface area (Å²) in [7, 11) is 0. The van der Waals surface area contributed by atoms with Gasteiger partial charge in [-0.1, -0.05) is 25.1 Å². The Hall–Kier alpha value is -3.15. The zero-order valence-corrected chi connectivity index (χ0v) is 15.9. The summed E-state index contributed by atoms with van der Waals surface area (Å²) in [6.45, 7) is 2.25. The van der Waals surface area contributed by atoms with Crippen molar-refractivity contribution in [2.45, 2.75) is 38.6 Å². The lowest BCUT2D eigenvalue weighted by Crippen LogP contribution is -2.38. The first-order valence-corrected chi connectivity index (χ1v) is 9.75. The van der Waals surface area contributed by atoms with E-state index in [9.17, 15) is 9.59 Å². The first-order chi connectivity index (χ1) is 13.6. The lowest BCUT2D eigenvalue weighted by atomic mass is 9.87. The summed E-state index contributed by atoms with van der Waals surface area (Å²) in [5.74, 6) is 0.635. The van der Waals surface area contributed by atoms with Crippen molar-refractivity contribution >= 4 is 23.3 Å². The second kappa shape index (κ2) is 7.84. The number of rotatable bonds is 4. The highest BCUT2D eigenvalue weighted by atomic mass is 16.2. The third-order valence-corrected chi connectivity index (χ3v) is 5.37. The van der Waals surface area contributed by atoms with Gasteiger partial charge in [-0.25, -0.2) is 4.98 Å². The number of benzene rings is 1. The number of anilines is 1. The van der Waals surface area contributed by atoms with E-state index in [1.54, 1.807) is 30.5 Å². The highest BCUT2D eigenvalue weighted by Gasteiger charge is 2.23. The Morgan fingerprint density at radius 3 is 2.36 bits per heavy atom. The van der Waals surface area contributed by atoms with Gasteiger partial charge in [0.05, 0.1) is 17.3 Å². The van der Waals surface area contributed by atoms with E-state index in [1.807, 2.05) is 28.8 Å². The molecule has 6 nitrogen and oxygen atoms in total. The molecule has 1 saturated carbocycles. The average molecular weight is 376 g/mol. The first kappa shape index (κ1) is 18.2. The van der Waals surface area contributed by atoms with Gasteiger partial charge in [-0.15, -0.1) is 0 Å². The second-order valence-electron chi connectivity index (χ2n) is 7.52. The van der Waals surface area contributed by atoms with Crippen LogP contribution >= 0.6 is 0 Å². The lowest BCUT2D eigenvalue weighted by Gasteiger charge is -2.27. The molecule has 1 aliphatic carbocycles. The molecule has 2 amide bonds. The quantitative estimate of drug-likeness (QED) is 0.725. The highest BCUT2D eigenvalue weighted by Crippen LogP contribution is 2.24. The Bertz CT molecular complexity index is 969. The molecule has 0 unspecified atom stereocenters. The summed E-state index contributed by atoms with van der Waals surface area (Å²) in [6, 6.07) is 12.7. The Morgan fingerprint density at radius 1 is 0.964 bits per heavy atom. The molecule has 3 aromatic rings. The molecule has 1 aromatic carbocycles. The minimum Gasteiger partial charge on any atom is -0.349 e. The third kappa shape index (κ3) is 3.91. The van der Waals surface area contributed by atoms with Crippen LogP contribution in [0.25, 0.3) is 5.65 Å². The molecule has 0 spiro atoms. The Kier molecular flexibility index (Phi) is 5.10. The Balaban J connectivity index is 1.50. The zero-order valence-electron chi connectivity index (χ0n) is 15.9. The van der Waals surface area contributed by atoms with Crippen LogP contribution in [-0.4, -0.2) is 27.2 Å². The fourth-order valence-electron chi connectivity index (χ4n) is 3.73. The predicted molar refractivity (Wildman–Crippen MR) is 108 cm³/mol. The van der Waals surface area contributed by atoms with Gasteiger partial charge in [0.1, 0.15) is 5.65 Å². The van der Waals surface area contributed by atoms with E-state index >= 15 is 0 Å². The molecule has 6 heteroatoms. The summed E-state index contributed by atoms with van der Waals surface area (Å²) in [5, 5.41) is 5.90. The molecule has 0 atom stereocenters. The molecule has 0 saturated heterocycles. The molecule has 1 aliphatic rings. The van der Waals surface area contributed by atoms with Gasteiger partial charge in [0.25, 0.3) is 11.8 Å². The van der Waals surface area contributed by atoms with Crippen LogP contribution in [0.4, 0.5) is 5.82 Å². The molecule has 0 radical (unpaired) electrons. The third-order valence-electron chi connectivity index (χ3n) is 5.37. The van der Waals surface area contributed by atoms with Crippen LogP contribution in [0.2, 0.25) is 0 Å². The maximum atomic E-state index is 12.8. The van der Waals surface area contributed by atoms with Gasteiger partial charge in [-0.3, -0.25) is 9.59 Å². The van der Waals surface area contributed by atoms with Crippen LogP contribution < -0.4 is 10.6 Å². The predicted octanol–water partition coefficient (Wildman–Crippen LogP) is 3.90. The minimum atomic E-state index is -0.341. The van der Waals surface area contributed by atoms with Gasteiger partial charge in [-0.2, -0.15) is 0 Å². The molecule has 2 heterocycles. The van der Waals surface area contributed by atoms with Gasteiger partial charge in [0, 0.05) is 12.2 Å². The van der Waals surface area contributed by atoms with Crippen molar-refractivity contribution in [3.8, 4) is 0 Å². The number of amides is 2. The van der Waals surface area contributed by atoms with Gasteiger partial charge < -0.3 is 15.0 Å². The number of carbonyl (C=O) groups is 2. The number of hydrogen-bond acceptors (Lipinski definition) is 3. The topological polar surface area (TPSA) is 75.5 Å². The van der Waals surface area contributed by atoms with Crippen LogP contribution in [0.5, 0.6) is 0 Å². The van der Waals surface area contributed by atoms with E-state index in [-0.39, 0.29) is 17.9 Å². The Labute approximate surface area is 164 Å². The van der Waals surface area contributed by atoms with Gasteiger partial charge in [-0.05, 0) is 55.9 Å². The summed E-state index contributed by atoms with van der Waals surface area (Å²) in [4.78, 5) is 30.0. The molecule has 1 fully saturated rings. The average Bonchev–Trinajstić information content (AvgIpc) is 3.12.